The third-order valence-electron chi connectivity index (χ3n) is 2.97. The van der Waals surface area contributed by atoms with Crippen LogP contribution in [0.1, 0.15) is 33.5 Å². The van der Waals surface area contributed by atoms with Gasteiger partial charge in [-0.15, -0.1) is 0 Å². The van der Waals surface area contributed by atoms with Crippen molar-refractivity contribution < 1.29 is 0 Å². The van der Waals surface area contributed by atoms with E-state index in [-0.39, 0.29) is 5.41 Å². The molecule has 2 heterocycles. The first-order valence-corrected chi connectivity index (χ1v) is 6.20. The van der Waals surface area contributed by atoms with Crippen LogP contribution in [0.25, 0.3) is 11.3 Å². The minimum absolute atomic E-state index is 0.0232. The number of aromatic nitrogens is 4. The summed E-state index contributed by atoms with van der Waals surface area (Å²) in [6.07, 6.45) is 3.73. The number of aryl methyl sites for hydroxylation is 1. The molecule has 0 bridgehead atoms. The Bertz CT molecular complexity index is 556. The molecule has 0 unspecified atom stereocenters. The molecule has 0 aliphatic heterocycles. The fourth-order valence-electron chi connectivity index (χ4n) is 2.11. The van der Waals surface area contributed by atoms with Crippen molar-refractivity contribution in [2.45, 2.75) is 39.7 Å². The molecule has 0 atom stereocenters. The van der Waals surface area contributed by atoms with Gasteiger partial charge in [-0.3, -0.25) is 4.68 Å². The molecule has 0 spiro atoms. The maximum Gasteiger partial charge on any atom is 0.131 e. The number of nitrogens with two attached hydrogens (primary N) is 1. The van der Waals surface area contributed by atoms with E-state index < -0.39 is 0 Å². The smallest absolute Gasteiger partial charge is 0.131 e. The van der Waals surface area contributed by atoms with Gasteiger partial charge in [0.2, 0.25) is 0 Å². The summed E-state index contributed by atoms with van der Waals surface area (Å²) in [5.74, 6) is 1.73. The Kier molecular flexibility index (Phi) is 2.92. The SMILES string of the molecule is CCn1c(C(C)(C)C)nc(-c2cnn(C)c2)c1N. The Labute approximate surface area is 108 Å². The highest BCUT2D eigenvalue weighted by Gasteiger charge is 2.25. The predicted octanol–water partition coefficient (Wildman–Crippen LogP) is 2.18. The van der Waals surface area contributed by atoms with Crippen molar-refractivity contribution in [1.82, 2.24) is 19.3 Å². The van der Waals surface area contributed by atoms with E-state index >= 15 is 0 Å². The van der Waals surface area contributed by atoms with E-state index in [1.165, 1.54) is 0 Å². The van der Waals surface area contributed by atoms with Crippen LogP contribution >= 0.6 is 0 Å². The molecule has 2 rings (SSSR count). The molecule has 5 nitrogen and oxygen atoms in total. The summed E-state index contributed by atoms with van der Waals surface area (Å²) in [5.41, 5.74) is 7.99. The Morgan fingerprint density at radius 2 is 2.00 bits per heavy atom. The van der Waals surface area contributed by atoms with Gasteiger partial charge in [0, 0.05) is 30.8 Å². The van der Waals surface area contributed by atoms with Crippen molar-refractivity contribution in [1.29, 1.82) is 0 Å². The summed E-state index contributed by atoms with van der Waals surface area (Å²) in [5, 5.41) is 4.17. The number of rotatable bonds is 2. The van der Waals surface area contributed by atoms with Crippen molar-refractivity contribution in [3.05, 3.63) is 18.2 Å². The van der Waals surface area contributed by atoms with Gasteiger partial charge in [-0.05, 0) is 6.92 Å². The zero-order valence-corrected chi connectivity index (χ0v) is 11.7. The second-order valence-corrected chi connectivity index (χ2v) is 5.57. The minimum atomic E-state index is -0.0232. The normalized spacial score (nSPS) is 12.1. The van der Waals surface area contributed by atoms with Crippen LogP contribution in [-0.2, 0) is 19.0 Å². The average Bonchev–Trinajstić information content (AvgIpc) is 2.81. The highest BCUT2D eigenvalue weighted by molar-refractivity contribution is 5.70. The Morgan fingerprint density at radius 1 is 1.33 bits per heavy atom. The van der Waals surface area contributed by atoms with Crippen LogP contribution in [0.5, 0.6) is 0 Å². The summed E-state index contributed by atoms with van der Waals surface area (Å²) in [4.78, 5) is 4.72. The summed E-state index contributed by atoms with van der Waals surface area (Å²) in [6.45, 7) is 9.35. The lowest BCUT2D eigenvalue weighted by Gasteiger charge is -2.19. The molecule has 0 aliphatic carbocycles. The van der Waals surface area contributed by atoms with E-state index in [1.807, 2.05) is 13.2 Å². The van der Waals surface area contributed by atoms with Gasteiger partial charge in [-0.25, -0.2) is 4.98 Å². The monoisotopic (exact) mass is 247 g/mol. The average molecular weight is 247 g/mol. The van der Waals surface area contributed by atoms with Gasteiger partial charge >= 0.3 is 0 Å². The van der Waals surface area contributed by atoms with Crippen molar-refractivity contribution in [3.63, 3.8) is 0 Å². The van der Waals surface area contributed by atoms with Crippen LogP contribution in [0.2, 0.25) is 0 Å². The molecule has 0 amide bonds. The summed E-state index contributed by atoms with van der Waals surface area (Å²) in [6, 6.07) is 0. The number of hydrogen-bond acceptors (Lipinski definition) is 3. The van der Waals surface area contributed by atoms with Gasteiger partial charge in [0.25, 0.3) is 0 Å². The van der Waals surface area contributed by atoms with E-state index in [9.17, 15) is 0 Å². The van der Waals surface area contributed by atoms with Gasteiger partial charge in [0.1, 0.15) is 17.3 Å². The van der Waals surface area contributed by atoms with Gasteiger partial charge in [0.15, 0.2) is 0 Å². The second kappa shape index (κ2) is 4.15. The first-order valence-electron chi connectivity index (χ1n) is 6.20. The molecule has 0 saturated carbocycles. The lowest BCUT2D eigenvalue weighted by molar-refractivity contribution is 0.509. The highest BCUT2D eigenvalue weighted by atomic mass is 15.2. The molecule has 18 heavy (non-hydrogen) atoms. The number of nitrogen functional groups attached to an aromatic ring is 1. The standard InChI is InChI=1S/C13H21N5/c1-6-18-11(14)10(9-7-15-17(5)8-9)16-12(18)13(2,3)4/h7-8H,6,14H2,1-5H3. The van der Waals surface area contributed by atoms with Crippen molar-refractivity contribution >= 4 is 5.82 Å². The maximum absolute atomic E-state index is 6.22. The van der Waals surface area contributed by atoms with Crippen LogP contribution in [0.4, 0.5) is 5.82 Å². The summed E-state index contributed by atoms with van der Waals surface area (Å²) >= 11 is 0. The first kappa shape index (κ1) is 12.7. The van der Waals surface area contributed by atoms with E-state index in [2.05, 4.69) is 37.4 Å². The fraction of sp³-hybridized carbons (Fsp3) is 0.538. The summed E-state index contributed by atoms with van der Waals surface area (Å²) in [7, 11) is 1.89. The molecule has 2 aromatic heterocycles. The van der Waals surface area contributed by atoms with Crippen molar-refractivity contribution in [2.24, 2.45) is 7.05 Å². The zero-order valence-electron chi connectivity index (χ0n) is 11.7. The molecule has 0 fully saturated rings. The first-order chi connectivity index (χ1) is 8.34. The van der Waals surface area contributed by atoms with E-state index in [0.717, 1.165) is 29.4 Å². The van der Waals surface area contributed by atoms with Crippen LogP contribution in [-0.4, -0.2) is 19.3 Å². The van der Waals surface area contributed by atoms with E-state index in [1.54, 1.807) is 10.9 Å². The molecular formula is C13H21N5. The van der Waals surface area contributed by atoms with Gasteiger partial charge in [0.05, 0.1) is 6.20 Å². The summed E-state index contributed by atoms with van der Waals surface area (Å²) < 4.78 is 3.83. The van der Waals surface area contributed by atoms with Crippen molar-refractivity contribution in [3.8, 4) is 11.3 Å². The lowest BCUT2D eigenvalue weighted by Crippen LogP contribution is -2.19. The molecule has 2 aromatic rings. The fourth-order valence-corrected chi connectivity index (χ4v) is 2.11. The quantitative estimate of drug-likeness (QED) is 0.884. The van der Waals surface area contributed by atoms with Crippen LogP contribution in [0, 0.1) is 0 Å². The number of hydrogen-bond donors (Lipinski definition) is 1. The third kappa shape index (κ3) is 2.00. The molecule has 0 saturated heterocycles. The topological polar surface area (TPSA) is 61.7 Å². The van der Waals surface area contributed by atoms with Crippen LogP contribution in [0.15, 0.2) is 12.4 Å². The van der Waals surface area contributed by atoms with Gasteiger partial charge in [-0.2, -0.15) is 5.10 Å². The molecular weight excluding hydrogens is 226 g/mol. The minimum Gasteiger partial charge on any atom is -0.383 e. The molecule has 2 N–H and O–H groups in total. The van der Waals surface area contributed by atoms with Crippen molar-refractivity contribution in [2.75, 3.05) is 5.73 Å². The Hall–Kier alpha value is -1.78. The maximum atomic E-state index is 6.22. The van der Waals surface area contributed by atoms with Gasteiger partial charge < -0.3 is 10.3 Å². The predicted molar refractivity (Wildman–Crippen MR) is 73.2 cm³/mol. The number of imidazole rings is 1. The highest BCUT2D eigenvalue weighted by Crippen LogP contribution is 2.31. The van der Waals surface area contributed by atoms with Crippen LogP contribution in [0.3, 0.4) is 0 Å². The Morgan fingerprint density at radius 3 is 2.39 bits per heavy atom. The third-order valence-corrected chi connectivity index (χ3v) is 2.97. The molecule has 0 radical (unpaired) electrons. The molecule has 0 aromatic carbocycles. The largest absolute Gasteiger partial charge is 0.383 e. The zero-order chi connectivity index (χ0) is 13.5. The lowest BCUT2D eigenvalue weighted by atomic mass is 9.96. The van der Waals surface area contributed by atoms with E-state index in [0.29, 0.717) is 0 Å². The molecule has 0 aliphatic rings. The number of anilines is 1. The second-order valence-electron chi connectivity index (χ2n) is 5.57. The Balaban J connectivity index is 2.60. The van der Waals surface area contributed by atoms with Gasteiger partial charge in [-0.1, -0.05) is 20.8 Å². The van der Waals surface area contributed by atoms with Crippen LogP contribution < -0.4 is 5.73 Å². The molecule has 98 valence electrons. The van der Waals surface area contributed by atoms with E-state index in [4.69, 9.17) is 10.7 Å². The molecule has 5 heteroatoms. The number of nitrogens with zero attached hydrogens (tertiary/aromatic N) is 4.